The number of nitrogens with zero attached hydrogens (tertiary/aromatic N) is 3. The lowest BCUT2D eigenvalue weighted by molar-refractivity contribution is 0.601. The van der Waals surface area contributed by atoms with E-state index in [9.17, 15) is 12.8 Å². The number of aromatic nitrogens is 3. The van der Waals surface area contributed by atoms with Gasteiger partial charge in [-0.05, 0) is 61.0 Å². The Labute approximate surface area is 155 Å². The van der Waals surface area contributed by atoms with Gasteiger partial charge in [-0.25, -0.2) is 12.8 Å². The third-order valence-corrected chi connectivity index (χ3v) is 5.46. The number of halogens is 1. The second-order valence-electron chi connectivity index (χ2n) is 6.04. The molecule has 0 atom stereocenters. The number of hydrogen-bond acceptors (Lipinski definition) is 4. The first-order valence-corrected chi connectivity index (χ1v) is 9.62. The van der Waals surface area contributed by atoms with Crippen molar-refractivity contribution in [2.75, 3.05) is 4.72 Å². The summed E-state index contributed by atoms with van der Waals surface area (Å²) in [5.74, 6) is -0.344. The van der Waals surface area contributed by atoms with Crippen LogP contribution < -0.4 is 4.72 Å². The molecule has 6 nitrogen and oxygen atoms in total. The zero-order valence-electron chi connectivity index (χ0n) is 14.3. The Kier molecular flexibility index (Phi) is 4.12. The van der Waals surface area contributed by atoms with Crippen molar-refractivity contribution in [1.29, 1.82) is 0 Å². The predicted octanol–water partition coefficient (Wildman–Crippen LogP) is 3.67. The molecule has 8 heteroatoms. The Morgan fingerprint density at radius 2 is 1.56 bits per heavy atom. The lowest BCUT2D eigenvalue weighted by Gasteiger charge is -2.10. The average molecular weight is 382 g/mol. The summed E-state index contributed by atoms with van der Waals surface area (Å²) in [5.41, 5.74) is 2.89. The summed E-state index contributed by atoms with van der Waals surface area (Å²) in [6.07, 6.45) is 0. The van der Waals surface area contributed by atoms with Crippen LogP contribution in [0.15, 0.2) is 71.6 Å². The lowest BCUT2D eigenvalue weighted by Crippen LogP contribution is -2.13. The van der Waals surface area contributed by atoms with Crippen LogP contribution in [0.25, 0.3) is 16.7 Å². The van der Waals surface area contributed by atoms with Gasteiger partial charge in [-0.15, -0.1) is 10.2 Å². The molecule has 4 aromatic rings. The Morgan fingerprint density at radius 1 is 0.926 bits per heavy atom. The molecule has 136 valence electrons. The number of aryl methyl sites for hydroxylation is 1. The van der Waals surface area contributed by atoms with E-state index >= 15 is 0 Å². The van der Waals surface area contributed by atoms with Gasteiger partial charge in [0.25, 0.3) is 10.0 Å². The quantitative estimate of drug-likeness (QED) is 0.584. The minimum Gasteiger partial charge on any atom is -0.279 e. The van der Waals surface area contributed by atoms with Crippen LogP contribution in [0.3, 0.4) is 0 Å². The number of anilines is 1. The van der Waals surface area contributed by atoms with Gasteiger partial charge in [0.05, 0.1) is 16.3 Å². The highest BCUT2D eigenvalue weighted by atomic mass is 32.2. The minimum absolute atomic E-state index is 0.180. The second kappa shape index (κ2) is 6.48. The molecular weight excluding hydrogens is 367 g/mol. The van der Waals surface area contributed by atoms with Crippen molar-refractivity contribution >= 4 is 26.7 Å². The molecule has 0 radical (unpaired) electrons. The summed E-state index contributed by atoms with van der Waals surface area (Å²) < 4.78 is 40.8. The van der Waals surface area contributed by atoms with E-state index in [1.54, 1.807) is 49.4 Å². The molecule has 1 N–H and O–H groups in total. The molecule has 0 aliphatic heterocycles. The molecule has 0 spiro atoms. The van der Waals surface area contributed by atoms with Crippen LogP contribution in [0.4, 0.5) is 10.1 Å². The molecule has 27 heavy (non-hydrogen) atoms. The molecule has 0 fully saturated rings. The Bertz CT molecular complexity index is 1220. The average Bonchev–Trinajstić information content (AvgIpc) is 3.06. The zero-order valence-corrected chi connectivity index (χ0v) is 15.1. The van der Waals surface area contributed by atoms with Crippen molar-refractivity contribution in [2.24, 2.45) is 0 Å². The van der Waals surface area contributed by atoms with Crippen LogP contribution in [0.2, 0.25) is 0 Å². The fourth-order valence-corrected chi connectivity index (χ4v) is 3.81. The van der Waals surface area contributed by atoms with Gasteiger partial charge in [-0.1, -0.05) is 18.2 Å². The third-order valence-electron chi connectivity index (χ3n) is 4.08. The van der Waals surface area contributed by atoms with Gasteiger partial charge in [0.1, 0.15) is 16.9 Å². The molecule has 0 aliphatic rings. The molecule has 1 heterocycles. The third kappa shape index (κ3) is 3.39. The summed E-state index contributed by atoms with van der Waals surface area (Å²) in [6.45, 7) is 1.79. The number of fused-ring (bicyclic) bond motifs is 1. The van der Waals surface area contributed by atoms with E-state index in [0.717, 1.165) is 0 Å². The fraction of sp³-hybridized carbons (Fsp3) is 0.0526. The lowest BCUT2D eigenvalue weighted by atomic mass is 10.2. The van der Waals surface area contributed by atoms with Crippen LogP contribution >= 0.6 is 0 Å². The summed E-state index contributed by atoms with van der Waals surface area (Å²) in [6, 6.07) is 17.3. The molecule has 0 bridgehead atoms. The standard InChI is InChI=1S/C19H15FN4O2S/c1-13-11-18-19(22-24(21-18)15-9-7-14(20)8-10-15)12-17(13)23-27(25,26)16-5-3-2-4-6-16/h2-12,23H,1H3. The SMILES string of the molecule is Cc1cc2nn(-c3ccc(F)cc3)nc2cc1NS(=O)(=O)c1ccccc1. The van der Waals surface area contributed by atoms with Crippen molar-refractivity contribution in [3.8, 4) is 5.69 Å². The summed E-state index contributed by atoms with van der Waals surface area (Å²) in [5, 5.41) is 8.74. The first kappa shape index (κ1) is 17.2. The van der Waals surface area contributed by atoms with Crippen molar-refractivity contribution in [3.05, 3.63) is 78.1 Å². The number of rotatable bonds is 4. The first-order valence-electron chi connectivity index (χ1n) is 8.14. The highest BCUT2D eigenvalue weighted by molar-refractivity contribution is 7.92. The minimum atomic E-state index is -3.70. The molecule has 0 saturated carbocycles. The Balaban J connectivity index is 1.72. The van der Waals surface area contributed by atoms with E-state index in [1.165, 1.54) is 29.1 Å². The van der Waals surface area contributed by atoms with Crippen LogP contribution in [0.5, 0.6) is 0 Å². The number of benzene rings is 3. The normalized spacial score (nSPS) is 11.6. The fourth-order valence-electron chi connectivity index (χ4n) is 2.67. The van der Waals surface area contributed by atoms with Crippen molar-refractivity contribution in [1.82, 2.24) is 15.0 Å². The molecule has 0 aliphatic carbocycles. The monoisotopic (exact) mass is 382 g/mol. The van der Waals surface area contributed by atoms with E-state index in [1.807, 2.05) is 0 Å². The Morgan fingerprint density at radius 3 is 2.22 bits per heavy atom. The maximum Gasteiger partial charge on any atom is 0.261 e. The highest BCUT2D eigenvalue weighted by Crippen LogP contribution is 2.24. The van der Waals surface area contributed by atoms with Gasteiger partial charge >= 0.3 is 0 Å². The van der Waals surface area contributed by atoms with Crippen LogP contribution in [0, 0.1) is 12.7 Å². The maximum atomic E-state index is 13.1. The number of hydrogen-bond donors (Lipinski definition) is 1. The largest absolute Gasteiger partial charge is 0.279 e. The van der Waals surface area contributed by atoms with Crippen molar-refractivity contribution < 1.29 is 12.8 Å². The zero-order chi connectivity index (χ0) is 19.0. The molecular formula is C19H15FN4O2S. The Hall–Kier alpha value is -3.26. The van der Waals surface area contributed by atoms with Crippen LogP contribution in [-0.2, 0) is 10.0 Å². The van der Waals surface area contributed by atoms with E-state index in [0.29, 0.717) is 28.0 Å². The van der Waals surface area contributed by atoms with Crippen LogP contribution in [0.1, 0.15) is 5.56 Å². The van der Waals surface area contributed by atoms with Gasteiger partial charge in [-0.3, -0.25) is 4.72 Å². The molecule has 0 unspecified atom stereocenters. The van der Waals surface area contributed by atoms with Gasteiger partial charge in [0.15, 0.2) is 0 Å². The molecule has 1 aromatic heterocycles. The van der Waals surface area contributed by atoms with E-state index in [2.05, 4.69) is 14.9 Å². The number of nitrogens with one attached hydrogen (secondary N) is 1. The highest BCUT2D eigenvalue weighted by Gasteiger charge is 2.16. The van der Waals surface area contributed by atoms with E-state index < -0.39 is 10.0 Å². The van der Waals surface area contributed by atoms with Crippen molar-refractivity contribution in [2.45, 2.75) is 11.8 Å². The second-order valence-corrected chi connectivity index (χ2v) is 7.72. The van der Waals surface area contributed by atoms with Gasteiger partial charge in [0, 0.05) is 0 Å². The van der Waals surface area contributed by atoms with Crippen molar-refractivity contribution in [3.63, 3.8) is 0 Å². The smallest absolute Gasteiger partial charge is 0.261 e. The summed E-state index contributed by atoms with van der Waals surface area (Å²) in [7, 11) is -3.70. The first-order chi connectivity index (χ1) is 12.9. The topological polar surface area (TPSA) is 76.9 Å². The molecule has 3 aromatic carbocycles. The van der Waals surface area contributed by atoms with Gasteiger partial charge < -0.3 is 0 Å². The maximum absolute atomic E-state index is 13.1. The number of sulfonamides is 1. The van der Waals surface area contributed by atoms with Gasteiger partial charge in [0.2, 0.25) is 0 Å². The molecule has 4 rings (SSSR count). The molecule has 0 amide bonds. The van der Waals surface area contributed by atoms with E-state index in [4.69, 9.17) is 0 Å². The summed E-state index contributed by atoms with van der Waals surface area (Å²) >= 11 is 0. The van der Waals surface area contributed by atoms with Crippen LogP contribution in [-0.4, -0.2) is 23.4 Å². The predicted molar refractivity (Wildman–Crippen MR) is 101 cm³/mol. The van der Waals surface area contributed by atoms with E-state index in [-0.39, 0.29) is 10.7 Å². The molecule has 0 saturated heterocycles. The van der Waals surface area contributed by atoms with Gasteiger partial charge in [-0.2, -0.15) is 4.80 Å². The summed E-state index contributed by atoms with van der Waals surface area (Å²) in [4.78, 5) is 1.57.